The van der Waals surface area contributed by atoms with Crippen LogP contribution in [0.2, 0.25) is 0 Å². The third kappa shape index (κ3) is 26.1. The number of quaternary nitrogens is 1. The number of aliphatic hydroxyl groups excluding tert-OH is 2. The Hall–Kier alpha value is -0.580. The van der Waals surface area contributed by atoms with Gasteiger partial charge in [-0.15, -0.1) is 12.3 Å². The van der Waals surface area contributed by atoms with Gasteiger partial charge in [-0.05, 0) is 0 Å². The molecule has 1 unspecified atom stereocenters. The maximum atomic E-state index is 9.33. The molecule has 4 nitrogen and oxygen atoms in total. The Balaban J connectivity index is 0. The second-order valence-electron chi connectivity index (χ2n) is 1.83. The Morgan fingerprint density at radius 1 is 1.80 bits per heavy atom. The van der Waals surface area contributed by atoms with Crippen molar-refractivity contribution < 1.29 is 21.1 Å². The highest BCUT2D eigenvalue weighted by Gasteiger charge is 1.95. The monoisotopic (exact) mass is 149 g/mol. The topological polar surface area (TPSA) is 91.2 Å². The largest absolute Gasteiger partial charge is 0.876 e. The van der Waals surface area contributed by atoms with Crippen LogP contribution in [0.1, 0.15) is 6.92 Å². The van der Waals surface area contributed by atoms with E-state index in [4.69, 9.17) is 10.2 Å². The highest BCUT2D eigenvalue weighted by atomic mass is 16.3. The molecule has 62 valence electrons. The van der Waals surface area contributed by atoms with Crippen molar-refractivity contribution in [2.24, 2.45) is 0 Å². The average Bonchev–Trinajstić information content (AvgIpc) is 1.85. The van der Waals surface area contributed by atoms with Gasteiger partial charge in [0, 0.05) is 0 Å². The lowest BCUT2D eigenvalue weighted by atomic mass is 10.4. The summed E-state index contributed by atoms with van der Waals surface area (Å²) in [6, 6.07) is 0. The van der Waals surface area contributed by atoms with E-state index in [0.29, 0.717) is 6.54 Å². The molecule has 0 bridgehead atoms. The summed E-state index contributed by atoms with van der Waals surface area (Å²) in [5, 5.41) is 25.7. The predicted molar refractivity (Wildman–Crippen MR) is 35.7 cm³/mol. The first-order valence-electron chi connectivity index (χ1n) is 2.95. The molecule has 0 aliphatic carbocycles. The summed E-state index contributed by atoms with van der Waals surface area (Å²) in [5.41, 5.74) is 3.35. The van der Waals surface area contributed by atoms with Crippen molar-refractivity contribution in [3.63, 3.8) is 0 Å². The van der Waals surface area contributed by atoms with Gasteiger partial charge in [-0.2, -0.15) is 0 Å². The van der Waals surface area contributed by atoms with Crippen LogP contribution in [0.3, 0.4) is 0 Å². The van der Waals surface area contributed by atoms with E-state index in [1.54, 1.807) is 0 Å². The molecule has 5 N–H and O–H groups in total. The first-order valence-corrected chi connectivity index (χ1v) is 2.95. The van der Waals surface area contributed by atoms with Gasteiger partial charge >= 0.3 is 0 Å². The summed E-state index contributed by atoms with van der Waals surface area (Å²) in [7, 11) is 0. The van der Waals surface area contributed by atoms with Gasteiger partial charge in [-0.25, -0.2) is 0 Å². The lowest BCUT2D eigenvalue weighted by molar-refractivity contribution is -0.385. The van der Waals surface area contributed by atoms with Crippen molar-refractivity contribution in [1.82, 2.24) is 0 Å². The minimum absolute atomic E-state index is 0.0833. The maximum absolute atomic E-state index is 9.33. The first-order chi connectivity index (χ1) is 4.54. The van der Waals surface area contributed by atoms with Gasteiger partial charge in [-0.1, -0.05) is 6.92 Å². The van der Waals surface area contributed by atoms with Crippen molar-refractivity contribution in [3.8, 4) is 0 Å². The highest BCUT2D eigenvalue weighted by Crippen LogP contribution is 1.67. The van der Waals surface area contributed by atoms with E-state index >= 15 is 0 Å². The molecule has 0 saturated heterocycles. The average molecular weight is 149 g/mol. The molecule has 0 aliphatic heterocycles. The number of allylic oxidation sites excluding steroid dienone is 1. The van der Waals surface area contributed by atoms with Crippen LogP contribution < -0.4 is 10.8 Å². The quantitative estimate of drug-likeness (QED) is 0.378. The minimum atomic E-state index is -0.620. The van der Waals surface area contributed by atoms with Crippen molar-refractivity contribution in [3.05, 3.63) is 12.3 Å². The van der Waals surface area contributed by atoms with Crippen molar-refractivity contribution >= 4 is 0 Å². The van der Waals surface area contributed by atoms with Crippen molar-refractivity contribution in [2.75, 3.05) is 13.2 Å². The van der Waals surface area contributed by atoms with E-state index in [2.05, 4.69) is 12.3 Å². The second kappa shape index (κ2) is 8.42. The van der Waals surface area contributed by atoms with Gasteiger partial charge in [0.15, 0.2) is 0 Å². The standard InChI is InChI=1S/C3H9NO2.C3H6O/c4-1-3(6)2-5;1-3(2)4/h3,5-6H,1-2,4H2;4H,1H2,2H3. The Morgan fingerprint density at radius 3 is 2.10 bits per heavy atom. The molecule has 0 saturated carbocycles. The molecule has 0 heterocycles. The summed E-state index contributed by atoms with van der Waals surface area (Å²) in [6.07, 6.45) is -0.620. The number of hydrogen-bond donors (Lipinski definition) is 3. The van der Waals surface area contributed by atoms with Crippen LogP contribution in [-0.4, -0.2) is 29.5 Å². The number of rotatable bonds is 2. The fourth-order valence-corrected chi connectivity index (χ4v) is 0.0913. The second-order valence-corrected chi connectivity index (χ2v) is 1.83. The molecule has 0 rings (SSSR count). The molecule has 10 heavy (non-hydrogen) atoms. The Kier molecular flexibility index (Phi) is 10.2. The van der Waals surface area contributed by atoms with Crippen LogP contribution >= 0.6 is 0 Å². The Morgan fingerprint density at radius 2 is 2.10 bits per heavy atom. The van der Waals surface area contributed by atoms with Crippen molar-refractivity contribution in [1.29, 1.82) is 0 Å². The molecule has 0 radical (unpaired) electrons. The predicted octanol–water partition coefficient (Wildman–Crippen LogP) is -2.54. The molecular weight excluding hydrogens is 134 g/mol. The van der Waals surface area contributed by atoms with Crippen LogP contribution in [0.4, 0.5) is 0 Å². The molecule has 4 heteroatoms. The van der Waals surface area contributed by atoms with Crippen LogP contribution in [0.25, 0.3) is 0 Å². The van der Waals surface area contributed by atoms with Gasteiger partial charge < -0.3 is 21.1 Å². The lowest BCUT2D eigenvalue weighted by Crippen LogP contribution is -2.56. The van der Waals surface area contributed by atoms with E-state index in [1.165, 1.54) is 6.92 Å². The zero-order valence-electron chi connectivity index (χ0n) is 6.21. The Bertz CT molecular complexity index is 77.1. The van der Waals surface area contributed by atoms with Crippen LogP contribution in [-0.2, 0) is 0 Å². The third-order valence-electron chi connectivity index (χ3n) is 0.544. The van der Waals surface area contributed by atoms with E-state index < -0.39 is 6.10 Å². The first kappa shape index (κ1) is 12.1. The zero-order chi connectivity index (χ0) is 8.57. The Labute approximate surface area is 60.6 Å². The van der Waals surface area contributed by atoms with Gasteiger partial charge in [0.1, 0.15) is 12.6 Å². The van der Waals surface area contributed by atoms with Gasteiger partial charge in [0.25, 0.3) is 0 Å². The minimum Gasteiger partial charge on any atom is -0.876 e. The fourth-order valence-electron chi connectivity index (χ4n) is 0.0913. The number of hydrogen-bond acceptors (Lipinski definition) is 3. The summed E-state index contributed by atoms with van der Waals surface area (Å²) >= 11 is 0. The van der Waals surface area contributed by atoms with E-state index in [-0.39, 0.29) is 12.4 Å². The lowest BCUT2D eigenvalue weighted by Gasteiger charge is -1.94. The van der Waals surface area contributed by atoms with Crippen LogP contribution in [0, 0.1) is 0 Å². The third-order valence-corrected chi connectivity index (χ3v) is 0.544. The van der Waals surface area contributed by atoms with Crippen molar-refractivity contribution in [2.45, 2.75) is 13.0 Å². The van der Waals surface area contributed by atoms with Crippen LogP contribution in [0.5, 0.6) is 0 Å². The van der Waals surface area contributed by atoms with Crippen LogP contribution in [0.15, 0.2) is 12.3 Å². The number of aliphatic hydroxyl groups is 2. The molecule has 0 amide bonds. The van der Waals surface area contributed by atoms with E-state index in [9.17, 15) is 5.11 Å². The molecule has 0 aliphatic rings. The maximum Gasteiger partial charge on any atom is 0.126 e. The zero-order valence-corrected chi connectivity index (χ0v) is 6.21. The van der Waals surface area contributed by atoms with E-state index in [1.807, 2.05) is 0 Å². The summed E-state index contributed by atoms with van der Waals surface area (Å²) < 4.78 is 0. The molecule has 0 aromatic carbocycles. The summed E-state index contributed by atoms with van der Waals surface area (Å²) in [6.45, 7) is 4.62. The smallest absolute Gasteiger partial charge is 0.126 e. The summed E-state index contributed by atoms with van der Waals surface area (Å²) in [5.74, 6) is -0.0833. The molecule has 1 atom stereocenters. The summed E-state index contributed by atoms with van der Waals surface area (Å²) in [4.78, 5) is 0. The van der Waals surface area contributed by atoms with E-state index in [0.717, 1.165) is 0 Å². The SMILES string of the molecule is C=C(C)[O-].[NH3+]CC(O)CO. The van der Waals surface area contributed by atoms with Gasteiger partial charge in [0.2, 0.25) is 0 Å². The highest BCUT2D eigenvalue weighted by molar-refractivity contribution is 4.64. The normalized spacial score (nSPS) is 11.2. The van der Waals surface area contributed by atoms with Gasteiger partial charge in [0.05, 0.1) is 6.61 Å². The van der Waals surface area contributed by atoms with Gasteiger partial charge in [-0.3, -0.25) is 0 Å². The molecule has 0 aromatic rings. The molecule has 0 aromatic heterocycles. The molecular formula is C6H15NO3. The molecule has 0 fully saturated rings. The fraction of sp³-hybridized carbons (Fsp3) is 0.667. The molecule has 0 spiro atoms.